The van der Waals surface area contributed by atoms with Crippen LogP contribution < -0.4 is 4.74 Å². The number of carbonyl (C=O) groups is 1. The van der Waals surface area contributed by atoms with Crippen LogP contribution in [0.25, 0.3) is 0 Å². The van der Waals surface area contributed by atoms with E-state index in [2.05, 4.69) is 4.74 Å². The van der Waals surface area contributed by atoms with Crippen molar-refractivity contribution < 1.29 is 23.0 Å². The van der Waals surface area contributed by atoms with E-state index in [4.69, 9.17) is 10.00 Å². The predicted octanol–water partition coefficient (Wildman–Crippen LogP) is 2.92. The molecule has 0 fully saturated rings. The zero-order valence-corrected chi connectivity index (χ0v) is 10.4. The molecule has 0 N–H and O–H groups in total. The van der Waals surface area contributed by atoms with Crippen molar-refractivity contribution >= 4 is 5.97 Å². The molecule has 1 aromatic rings. The Hall–Kier alpha value is -2.16. The van der Waals surface area contributed by atoms with Gasteiger partial charge in [-0.15, -0.1) is 0 Å². The van der Waals surface area contributed by atoms with E-state index in [1.54, 1.807) is 6.92 Å². The van der Waals surface area contributed by atoms with Crippen LogP contribution in [0, 0.1) is 11.3 Å². The van der Waals surface area contributed by atoms with Crippen LogP contribution in [-0.4, -0.2) is 19.2 Å². The molecule has 0 aromatic heterocycles. The summed E-state index contributed by atoms with van der Waals surface area (Å²) in [5.41, 5.74) is 0.629. The van der Waals surface area contributed by atoms with Gasteiger partial charge in [0, 0.05) is 6.42 Å². The number of esters is 1. The Balaban J connectivity index is 3.00. The molecule has 0 bridgehead atoms. The second-order valence-corrected chi connectivity index (χ2v) is 3.58. The van der Waals surface area contributed by atoms with E-state index in [0.29, 0.717) is 5.56 Å². The van der Waals surface area contributed by atoms with E-state index in [1.165, 1.54) is 18.2 Å². The second-order valence-electron chi connectivity index (χ2n) is 3.58. The van der Waals surface area contributed by atoms with Gasteiger partial charge in [-0.05, 0) is 37.1 Å². The summed E-state index contributed by atoms with van der Waals surface area (Å²) in [6, 6.07) is 5.96. The first kappa shape index (κ1) is 14.9. The highest BCUT2D eigenvalue weighted by Gasteiger charge is 2.14. The summed E-state index contributed by atoms with van der Waals surface area (Å²) in [7, 11) is 0. The van der Waals surface area contributed by atoms with Crippen LogP contribution in [-0.2, 0) is 11.2 Å². The van der Waals surface area contributed by atoms with Crippen LogP contribution in [0.3, 0.4) is 0 Å². The minimum absolute atomic E-state index is 0.0294. The summed E-state index contributed by atoms with van der Waals surface area (Å²) in [4.78, 5) is 11.5. The monoisotopic (exact) mass is 269 g/mol. The molecule has 19 heavy (non-hydrogen) atoms. The molecule has 0 unspecified atom stereocenters. The standard InChI is InChI=1S/C13H13F2NO3/c1-2-18-12(17)10-5-6-11(19-13(14)15)9(8-10)4-3-7-16/h5-6,8,13H,2-4H2,1H3. The van der Waals surface area contributed by atoms with Crippen molar-refractivity contribution in [2.75, 3.05) is 6.61 Å². The highest BCUT2D eigenvalue weighted by atomic mass is 19.3. The van der Waals surface area contributed by atoms with Gasteiger partial charge in [0.15, 0.2) is 0 Å². The summed E-state index contributed by atoms with van der Waals surface area (Å²) in [6.45, 7) is -1.06. The van der Waals surface area contributed by atoms with Gasteiger partial charge in [0.25, 0.3) is 0 Å². The van der Waals surface area contributed by atoms with E-state index < -0.39 is 12.6 Å². The summed E-state index contributed by atoms with van der Waals surface area (Å²) < 4.78 is 33.6. The second kappa shape index (κ2) is 7.31. The molecule has 0 saturated heterocycles. The number of hydrogen-bond acceptors (Lipinski definition) is 4. The molecule has 0 aliphatic rings. The smallest absolute Gasteiger partial charge is 0.387 e. The quantitative estimate of drug-likeness (QED) is 0.745. The van der Waals surface area contributed by atoms with E-state index in [9.17, 15) is 13.6 Å². The molecule has 102 valence electrons. The Morgan fingerprint density at radius 1 is 1.47 bits per heavy atom. The van der Waals surface area contributed by atoms with Crippen LogP contribution >= 0.6 is 0 Å². The highest BCUT2D eigenvalue weighted by molar-refractivity contribution is 5.89. The fourth-order valence-electron chi connectivity index (χ4n) is 1.52. The zero-order chi connectivity index (χ0) is 14.3. The Kier molecular flexibility index (Phi) is 5.73. The third-order valence-corrected chi connectivity index (χ3v) is 2.29. The molecular weight excluding hydrogens is 256 g/mol. The number of alkyl halides is 2. The molecule has 1 aromatic carbocycles. The van der Waals surface area contributed by atoms with Gasteiger partial charge in [0.05, 0.1) is 18.2 Å². The van der Waals surface area contributed by atoms with Crippen molar-refractivity contribution in [1.29, 1.82) is 5.26 Å². The van der Waals surface area contributed by atoms with Gasteiger partial charge in [0.1, 0.15) is 5.75 Å². The fourth-order valence-corrected chi connectivity index (χ4v) is 1.52. The zero-order valence-electron chi connectivity index (χ0n) is 10.4. The number of hydrogen-bond donors (Lipinski definition) is 0. The third kappa shape index (κ3) is 4.54. The molecule has 0 aliphatic carbocycles. The molecule has 0 amide bonds. The van der Waals surface area contributed by atoms with Crippen LogP contribution in [0.1, 0.15) is 29.3 Å². The lowest BCUT2D eigenvalue weighted by Gasteiger charge is -2.11. The molecule has 1 rings (SSSR count). The number of halogens is 2. The number of carbonyl (C=O) groups excluding carboxylic acids is 1. The van der Waals surface area contributed by atoms with Gasteiger partial charge in [-0.1, -0.05) is 0 Å². The number of benzene rings is 1. The lowest BCUT2D eigenvalue weighted by Crippen LogP contribution is -2.08. The number of nitriles is 1. The minimum atomic E-state index is -2.95. The largest absolute Gasteiger partial charge is 0.462 e. The molecule has 0 heterocycles. The van der Waals surface area contributed by atoms with Crippen molar-refractivity contribution in [2.24, 2.45) is 0 Å². The maximum Gasteiger partial charge on any atom is 0.387 e. The van der Waals surface area contributed by atoms with Crippen molar-refractivity contribution in [3.05, 3.63) is 29.3 Å². The lowest BCUT2D eigenvalue weighted by molar-refractivity contribution is -0.0504. The fraction of sp³-hybridized carbons (Fsp3) is 0.385. The Bertz CT molecular complexity index is 483. The first-order valence-corrected chi connectivity index (χ1v) is 5.70. The van der Waals surface area contributed by atoms with Crippen LogP contribution in [0.5, 0.6) is 5.75 Å². The molecule has 6 heteroatoms. The van der Waals surface area contributed by atoms with E-state index in [-0.39, 0.29) is 30.8 Å². The Labute approximate surface area is 109 Å². The van der Waals surface area contributed by atoms with Crippen molar-refractivity contribution in [2.45, 2.75) is 26.4 Å². The number of rotatable bonds is 6. The van der Waals surface area contributed by atoms with Crippen molar-refractivity contribution in [3.8, 4) is 11.8 Å². The molecule has 4 nitrogen and oxygen atoms in total. The summed E-state index contributed by atoms with van der Waals surface area (Å²) in [5.74, 6) is -0.567. The average molecular weight is 269 g/mol. The van der Waals surface area contributed by atoms with Gasteiger partial charge in [-0.3, -0.25) is 0 Å². The van der Waals surface area contributed by atoms with E-state index >= 15 is 0 Å². The Morgan fingerprint density at radius 2 is 2.21 bits per heavy atom. The SMILES string of the molecule is CCOC(=O)c1ccc(OC(F)F)c(CCC#N)c1. The van der Waals surface area contributed by atoms with Gasteiger partial charge in [-0.25, -0.2) is 4.79 Å². The van der Waals surface area contributed by atoms with E-state index in [1.807, 2.05) is 6.07 Å². The van der Waals surface area contributed by atoms with Gasteiger partial charge in [-0.2, -0.15) is 14.0 Å². The first-order chi connectivity index (χ1) is 9.08. The predicted molar refractivity (Wildman–Crippen MR) is 63.0 cm³/mol. The summed E-state index contributed by atoms with van der Waals surface area (Å²) in [6.07, 6.45) is 0.373. The van der Waals surface area contributed by atoms with E-state index in [0.717, 1.165) is 0 Å². The number of ether oxygens (including phenoxy) is 2. The van der Waals surface area contributed by atoms with Gasteiger partial charge < -0.3 is 9.47 Å². The maximum atomic E-state index is 12.2. The van der Waals surface area contributed by atoms with Gasteiger partial charge >= 0.3 is 12.6 Å². The average Bonchev–Trinajstić information content (AvgIpc) is 2.37. The maximum absolute atomic E-state index is 12.2. The third-order valence-electron chi connectivity index (χ3n) is 2.29. The lowest BCUT2D eigenvalue weighted by atomic mass is 10.1. The minimum Gasteiger partial charge on any atom is -0.462 e. The normalized spacial score (nSPS) is 10.1. The molecule has 0 saturated carbocycles. The van der Waals surface area contributed by atoms with Crippen molar-refractivity contribution in [1.82, 2.24) is 0 Å². The number of nitrogens with zero attached hydrogens (tertiary/aromatic N) is 1. The Morgan fingerprint density at radius 3 is 2.79 bits per heavy atom. The molecular formula is C13H13F2NO3. The summed E-state index contributed by atoms with van der Waals surface area (Å²) >= 11 is 0. The van der Waals surface area contributed by atoms with Crippen molar-refractivity contribution in [3.63, 3.8) is 0 Å². The molecule has 0 radical (unpaired) electrons. The first-order valence-electron chi connectivity index (χ1n) is 5.70. The van der Waals surface area contributed by atoms with Gasteiger partial charge in [0.2, 0.25) is 0 Å². The van der Waals surface area contributed by atoms with Crippen LogP contribution in [0.15, 0.2) is 18.2 Å². The van der Waals surface area contributed by atoms with Crippen LogP contribution in [0.2, 0.25) is 0 Å². The topological polar surface area (TPSA) is 59.3 Å². The highest BCUT2D eigenvalue weighted by Crippen LogP contribution is 2.24. The molecule has 0 aliphatic heterocycles. The van der Waals surface area contributed by atoms with Crippen LogP contribution in [0.4, 0.5) is 8.78 Å². The summed E-state index contributed by atoms with van der Waals surface area (Å²) in [5, 5.41) is 8.53. The number of aryl methyl sites for hydroxylation is 1. The molecule has 0 spiro atoms. The molecule has 0 atom stereocenters.